The number of hydrogen-bond acceptors (Lipinski definition) is 16. The Labute approximate surface area is 229 Å². The first-order chi connectivity index (χ1) is 18.6. The topological polar surface area (TPSA) is 292 Å². The fourth-order valence-electron chi connectivity index (χ4n) is 3.85. The maximum Gasteiger partial charge on any atom is 0.291 e. The number of nitrogen functional groups attached to an aromatic ring is 1. The first-order valence-corrected chi connectivity index (χ1v) is 12.2. The van der Waals surface area contributed by atoms with Gasteiger partial charge >= 0.3 is 0 Å². The van der Waals surface area contributed by atoms with Crippen molar-refractivity contribution in [1.29, 1.82) is 0 Å². The van der Waals surface area contributed by atoms with Crippen LogP contribution >= 0.6 is 11.3 Å². The summed E-state index contributed by atoms with van der Waals surface area (Å²) in [6.45, 7) is 1.28. The van der Waals surface area contributed by atoms with Crippen molar-refractivity contribution in [3.8, 4) is 46.0 Å². The summed E-state index contributed by atoms with van der Waals surface area (Å²) in [5.74, 6) is -12.1. The number of aromatic hydroxyl groups is 8. The van der Waals surface area contributed by atoms with Crippen LogP contribution in [0.4, 0.5) is 10.8 Å². The van der Waals surface area contributed by atoms with Gasteiger partial charge in [-0.05, 0) is 19.9 Å². The summed E-state index contributed by atoms with van der Waals surface area (Å²) in [7, 11) is 1.28. The van der Waals surface area contributed by atoms with Crippen molar-refractivity contribution in [3.63, 3.8) is 0 Å². The fraction of sp³-hybridized carbons (Fsp3) is 0.304. The maximum absolute atomic E-state index is 12.4. The van der Waals surface area contributed by atoms with Gasteiger partial charge in [-0.3, -0.25) is 4.79 Å². The van der Waals surface area contributed by atoms with Gasteiger partial charge in [0, 0.05) is 35.7 Å². The number of hydrogen-bond donors (Lipinski definition) is 13. The Kier molecular flexibility index (Phi) is 8.56. The van der Waals surface area contributed by atoms with Crippen LogP contribution < -0.4 is 16.4 Å². The van der Waals surface area contributed by atoms with Crippen LogP contribution in [0.2, 0.25) is 0 Å². The highest BCUT2D eigenvalue weighted by atomic mass is 32.1. The second kappa shape index (κ2) is 11.4. The summed E-state index contributed by atoms with van der Waals surface area (Å²) in [5, 5.41) is 107. The fourth-order valence-corrected chi connectivity index (χ4v) is 4.45. The number of rotatable bonds is 10. The molecule has 0 aliphatic rings. The van der Waals surface area contributed by atoms with E-state index in [1.165, 1.54) is 14.0 Å². The molecule has 0 fully saturated rings. The molecule has 3 rings (SSSR count). The smallest absolute Gasteiger partial charge is 0.291 e. The molecule has 14 N–H and O–H groups in total. The molecular weight excluding hydrogens is 556 g/mol. The molecule has 0 saturated heterocycles. The van der Waals surface area contributed by atoms with Crippen molar-refractivity contribution in [3.05, 3.63) is 27.8 Å². The molecule has 0 bridgehead atoms. The zero-order chi connectivity index (χ0) is 30.1. The molecule has 1 amide bonds. The molecule has 1 heterocycles. The number of carbonyl (C=O) groups excluding carboxylic acids is 1. The number of carbonyl (C=O) groups is 1. The lowest BCUT2D eigenvalue weighted by molar-refractivity contribution is -0.185. The van der Waals surface area contributed by atoms with Gasteiger partial charge in [0.2, 0.25) is 11.5 Å². The molecule has 0 aliphatic heterocycles. The standard InChI is InChI=1S/C23H28N4O12S/c1-7-11(16(31)20(35)19(34)13(7)28)9(39-2)5-25-4-3-8-14(29)17(32)12(18(33)15(8)30)27-21(36)23(37,38)10-6-40-22(24)26-10/h6,9,25,28-35,37-38H,3-5H2,1-2H3,(H2,24,26)(H,27,36). The van der Waals surface area contributed by atoms with Crippen LogP contribution in [0.3, 0.4) is 0 Å². The minimum atomic E-state index is -3.24. The number of nitrogens with zero attached hydrogens (tertiary/aromatic N) is 1. The number of benzene rings is 2. The molecule has 16 nitrogen and oxygen atoms in total. The maximum atomic E-state index is 12.4. The molecule has 218 valence electrons. The Balaban J connectivity index is 1.75. The van der Waals surface area contributed by atoms with Crippen molar-refractivity contribution in [2.45, 2.75) is 25.2 Å². The lowest BCUT2D eigenvalue weighted by Gasteiger charge is -2.22. The normalized spacial score (nSPS) is 12.4. The van der Waals surface area contributed by atoms with Crippen molar-refractivity contribution in [1.82, 2.24) is 10.3 Å². The Morgan fingerprint density at radius 1 is 0.975 bits per heavy atom. The minimum absolute atomic E-state index is 0.0203. The lowest BCUT2D eigenvalue weighted by Crippen LogP contribution is -2.40. The van der Waals surface area contributed by atoms with Crippen LogP contribution in [-0.4, -0.2) is 82.2 Å². The van der Waals surface area contributed by atoms with Crippen LogP contribution in [-0.2, 0) is 21.7 Å². The zero-order valence-electron chi connectivity index (χ0n) is 21.0. The highest BCUT2D eigenvalue weighted by Crippen LogP contribution is 2.51. The van der Waals surface area contributed by atoms with Crippen molar-refractivity contribution < 1.29 is 60.6 Å². The number of ether oxygens (including phenoxy) is 1. The van der Waals surface area contributed by atoms with Crippen molar-refractivity contribution >= 4 is 28.1 Å². The highest BCUT2D eigenvalue weighted by Gasteiger charge is 2.40. The average molecular weight is 585 g/mol. The molecule has 0 saturated carbocycles. The molecule has 0 radical (unpaired) electrons. The summed E-state index contributed by atoms with van der Waals surface area (Å²) in [4.78, 5) is 16.0. The van der Waals surface area contributed by atoms with E-state index in [0.29, 0.717) is 0 Å². The number of nitrogens with two attached hydrogens (primary N) is 1. The monoisotopic (exact) mass is 584 g/mol. The van der Waals surface area contributed by atoms with Crippen LogP contribution in [0.25, 0.3) is 0 Å². The summed E-state index contributed by atoms with van der Waals surface area (Å²) in [5.41, 5.74) is 3.64. The molecule has 0 spiro atoms. The van der Waals surface area contributed by atoms with Crippen LogP contribution in [0, 0.1) is 6.92 Å². The van der Waals surface area contributed by atoms with Gasteiger partial charge in [-0.1, -0.05) is 0 Å². The van der Waals surface area contributed by atoms with Gasteiger partial charge in [0.1, 0.15) is 11.4 Å². The van der Waals surface area contributed by atoms with Gasteiger partial charge in [-0.25, -0.2) is 4.98 Å². The van der Waals surface area contributed by atoms with E-state index in [-0.39, 0.29) is 41.3 Å². The molecule has 1 unspecified atom stereocenters. The number of aliphatic hydroxyl groups is 2. The number of amides is 1. The summed E-state index contributed by atoms with van der Waals surface area (Å²) in [6, 6.07) is 0. The van der Waals surface area contributed by atoms with Gasteiger partial charge < -0.3 is 72.2 Å². The lowest BCUT2D eigenvalue weighted by atomic mass is 9.99. The van der Waals surface area contributed by atoms with Gasteiger partial charge in [0.25, 0.3) is 11.7 Å². The Bertz CT molecular complexity index is 1380. The first-order valence-electron chi connectivity index (χ1n) is 11.3. The van der Waals surface area contributed by atoms with Crippen molar-refractivity contribution in [2.24, 2.45) is 0 Å². The molecular formula is C23H28N4O12S. The molecule has 17 heteroatoms. The SMILES string of the molecule is COC(CNCCc1c(O)c(O)c(NC(=O)C(O)(O)c2csc(N)n2)c(O)c1O)c1c(C)c(O)c(O)c(O)c1O. The van der Waals surface area contributed by atoms with Crippen LogP contribution in [0.15, 0.2) is 5.38 Å². The Morgan fingerprint density at radius 2 is 1.55 bits per heavy atom. The third kappa shape index (κ3) is 5.36. The quantitative estimate of drug-likeness (QED) is 0.0644. The van der Waals surface area contributed by atoms with Gasteiger partial charge in [0.05, 0.1) is 6.10 Å². The largest absolute Gasteiger partial charge is 0.504 e. The molecule has 3 aromatic rings. The summed E-state index contributed by atoms with van der Waals surface area (Å²) < 4.78 is 5.30. The van der Waals surface area contributed by atoms with E-state index in [0.717, 1.165) is 16.7 Å². The molecule has 2 aromatic carbocycles. The van der Waals surface area contributed by atoms with Gasteiger partial charge in [-0.2, -0.15) is 0 Å². The molecule has 1 aromatic heterocycles. The van der Waals surface area contributed by atoms with Gasteiger partial charge in [-0.15, -0.1) is 11.3 Å². The van der Waals surface area contributed by atoms with E-state index < -0.39 is 75.2 Å². The minimum Gasteiger partial charge on any atom is -0.504 e. The van der Waals surface area contributed by atoms with E-state index in [1.807, 2.05) is 5.32 Å². The highest BCUT2D eigenvalue weighted by molar-refractivity contribution is 7.13. The Morgan fingerprint density at radius 3 is 2.08 bits per heavy atom. The number of nitrogens with one attached hydrogen (secondary N) is 2. The molecule has 0 aliphatic carbocycles. The van der Waals surface area contributed by atoms with E-state index in [4.69, 9.17) is 10.5 Å². The number of methoxy groups -OCH3 is 1. The van der Waals surface area contributed by atoms with Gasteiger partial charge in [0.15, 0.2) is 39.6 Å². The third-order valence-electron chi connectivity index (χ3n) is 6.10. The second-order valence-corrected chi connectivity index (χ2v) is 9.45. The van der Waals surface area contributed by atoms with E-state index in [9.17, 15) is 55.9 Å². The Hall–Kier alpha value is -4.42. The first kappa shape index (κ1) is 30.1. The number of phenolic OH excluding ortho intramolecular Hbond substituents is 8. The third-order valence-corrected chi connectivity index (χ3v) is 6.78. The average Bonchev–Trinajstić information content (AvgIpc) is 3.37. The van der Waals surface area contributed by atoms with E-state index >= 15 is 0 Å². The number of anilines is 2. The second-order valence-electron chi connectivity index (χ2n) is 8.56. The summed E-state index contributed by atoms with van der Waals surface area (Å²) in [6.07, 6.45) is -1.17. The van der Waals surface area contributed by atoms with Crippen LogP contribution in [0.5, 0.6) is 46.0 Å². The van der Waals surface area contributed by atoms with Crippen molar-refractivity contribution in [2.75, 3.05) is 31.2 Å². The predicted molar refractivity (Wildman–Crippen MR) is 139 cm³/mol. The van der Waals surface area contributed by atoms with E-state index in [1.54, 1.807) is 0 Å². The number of aromatic nitrogens is 1. The predicted octanol–water partition coefficient (Wildman–Crippen LogP) is -0.0256. The zero-order valence-corrected chi connectivity index (χ0v) is 21.8. The van der Waals surface area contributed by atoms with E-state index in [2.05, 4.69) is 10.3 Å². The number of thiazole rings is 1. The summed E-state index contributed by atoms with van der Waals surface area (Å²) >= 11 is 0.812. The molecule has 40 heavy (non-hydrogen) atoms. The van der Waals surface area contributed by atoms with Crippen LogP contribution in [0.1, 0.15) is 28.5 Å². The number of phenols is 8. The molecule has 1 atom stereocenters.